The second-order valence-corrected chi connectivity index (χ2v) is 3.86. The topological polar surface area (TPSA) is 77.0 Å². The number of hydrogen-bond acceptors (Lipinski definition) is 4. The van der Waals surface area contributed by atoms with Gasteiger partial charge in [-0.15, -0.1) is 0 Å². The van der Waals surface area contributed by atoms with Crippen LogP contribution in [0.1, 0.15) is 25.1 Å². The lowest BCUT2D eigenvalue weighted by atomic mass is 10.2. The van der Waals surface area contributed by atoms with Crippen molar-refractivity contribution >= 4 is 0 Å². The van der Waals surface area contributed by atoms with Crippen LogP contribution >= 0.6 is 0 Å². The Balaban J connectivity index is 2.40. The summed E-state index contributed by atoms with van der Waals surface area (Å²) >= 11 is 0. The highest BCUT2D eigenvalue weighted by atomic mass is 19.1. The van der Waals surface area contributed by atoms with Crippen LogP contribution in [0.25, 0.3) is 0 Å². The summed E-state index contributed by atoms with van der Waals surface area (Å²) in [6.07, 6.45) is 5.60. The SMILES string of the molecule is CCC(N)CN/C=C\C(N)c1ccc(F)cn1. The maximum atomic E-state index is 12.6. The van der Waals surface area contributed by atoms with Gasteiger partial charge in [-0.05, 0) is 30.8 Å². The lowest BCUT2D eigenvalue weighted by Gasteiger charge is -2.09. The molecule has 2 atom stereocenters. The van der Waals surface area contributed by atoms with Crippen LogP contribution in [0.2, 0.25) is 0 Å². The van der Waals surface area contributed by atoms with Gasteiger partial charge in [0.15, 0.2) is 0 Å². The summed E-state index contributed by atoms with van der Waals surface area (Å²) in [5.74, 6) is -0.364. The van der Waals surface area contributed by atoms with Crippen molar-refractivity contribution in [2.24, 2.45) is 11.5 Å². The Morgan fingerprint density at radius 3 is 2.82 bits per heavy atom. The predicted octanol–water partition coefficient (Wildman–Crippen LogP) is 1.06. The van der Waals surface area contributed by atoms with Gasteiger partial charge in [0, 0.05) is 12.6 Å². The van der Waals surface area contributed by atoms with Gasteiger partial charge in [0.2, 0.25) is 0 Å². The van der Waals surface area contributed by atoms with E-state index in [0.29, 0.717) is 12.2 Å². The van der Waals surface area contributed by atoms with Crippen molar-refractivity contribution in [3.8, 4) is 0 Å². The monoisotopic (exact) mass is 238 g/mol. The number of pyridine rings is 1. The quantitative estimate of drug-likeness (QED) is 0.692. The first kappa shape index (κ1) is 13.6. The number of nitrogens with one attached hydrogen (secondary N) is 1. The molecular formula is C12H19FN4. The fraction of sp³-hybridized carbons (Fsp3) is 0.417. The van der Waals surface area contributed by atoms with Crippen LogP contribution in [0.15, 0.2) is 30.6 Å². The minimum atomic E-state index is -0.364. The Morgan fingerprint density at radius 2 is 2.24 bits per heavy atom. The zero-order chi connectivity index (χ0) is 12.7. The Labute approximate surface area is 101 Å². The van der Waals surface area contributed by atoms with E-state index in [9.17, 15) is 4.39 Å². The lowest BCUT2D eigenvalue weighted by Crippen LogP contribution is -2.30. The van der Waals surface area contributed by atoms with Crippen molar-refractivity contribution in [3.63, 3.8) is 0 Å². The van der Waals surface area contributed by atoms with Gasteiger partial charge in [-0.1, -0.05) is 6.92 Å². The van der Waals surface area contributed by atoms with E-state index in [-0.39, 0.29) is 17.9 Å². The van der Waals surface area contributed by atoms with E-state index < -0.39 is 0 Å². The highest BCUT2D eigenvalue weighted by Gasteiger charge is 2.03. The molecule has 17 heavy (non-hydrogen) atoms. The summed E-state index contributed by atoms with van der Waals surface area (Å²) in [6.45, 7) is 2.74. The molecule has 1 heterocycles. The van der Waals surface area contributed by atoms with Crippen LogP contribution in [0.5, 0.6) is 0 Å². The van der Waals surface area contributed by atoms with Gasteiger partial charge in [0.1, 0.15) is 5.82 Å². The fourth-order valence-corrected chi connectivity index (χ4v) is 1.22. The van der Waals surface area contributed by atoms with E-state index >= 15 is 0 Å². The number of nitrogens with two attached hydrogens (primary N) is 2. The molecule has 0 aromatic carbocycles. The molecule has 0 fully saturated rings. The number of halogens is 1. The molecule has 1 aromatic heterocycles. The molecule has 1 rings (SSSR count). The van der Waals surface area contributed by atoms with E-state index in [1.807, 2.05) is 6.92 Å². The minimum absolute atomic E-state index is 0.139. The number of rotatable bonds is 6. The summed E-state index contributed by atoms with van der Waals surface area (Å²) < 4.78 is 12.6. The second kappa shape index (κ2) is 6.98. The Morgan fingerprint density at radius 1 is 1.47 bits per heavy atom. The number of hydrogen-bond donors (Lipinski definition) is 3. The molecule has 0 bridgehead atoms. The average Bonchev–Trinajstić information content (AvgIpc) is 2.34. The second-order valence-electron chi connectivity index (χ2n) is 3.86. The highest BCUT2D eigenvalue weighted by Crippen LogP contribution is 2.08. The normalized spacial score (nSPS) is 14.8. The first-order valence-corrected chi connectivity index (χ1v) is 5.66. The molecule has 0 radical (unpaired) electrons. The molecule has 94 valence electrons. The van der Waals surface area contributed by atoms with Crippen molar-refractivity contribution in [2.75, 3.05) is 6.54 Å². The summed E-state index contributed by atoms with van der Waals surface area (Å²) in [7, 11) is 0. The standard InChI is InChI=1S/C12H19FN4/c1-2-10(14)8-16-6-5-11(15)12-4-3-9(13)7-17-12/h3-7,10-11,16H,2,8,14-15H2,1H3/b6-5-. The molecule has 0 aliphatic heterocycles. The van der Waals surface area contributed by atoms with Crippen molar-refractivity contribution in [1.82, 2.24) is 10.3 Å². The average molecular weight is 238 g/mol. The maximum absolute atomic E-state index is 12.6. The third-order valence-corrected chi connectivity index (χ3v) is 2.42. The van der Waals surface area contributed by atoms with E-state index in [0.717, 1.165) is 12.6 Å². The molecule has 0 aliphatic carbocycles. The number of aromatic nitrogens is 1. The lowest BCUT2D eigenvalue weighted by molar-refractivity contribution is 0.613. The van der Waals surface area contributed by atoms with Crippen LogP contribution in [-0.2, 0) is 0 Å². The molecule has 0 amide bonds. The largest absolute Gasteiger partial charge is 0.390 e. The van der Waals surface area contributed by atoms with Crippen molar-refractivity contribution in [3.05, 3.63) is 42.1 Å². The number of nitrogens with zero attached hydrogens (tertiary/aromatic N) is 1. The summed E-state index contributed by atoms with van der Waals surface area (Å²) in [5, 5.41) is 3.06. The molecule has 5 heteroatoms. The Hall–Kier alpha value is -1.46. The van der Waals surface area contributed by atoms with Crippen LogP contribution in [0, 0.1) is 5.82 Å². The van der Waals surface area contributed by atoms with E-state index in [4.69, 9.17) is 11.5 Å². The van der Waals surface area contributed by atoms with Gasteiger partial charge in [0.05, 0.1) is 17.9 Å². The predicted molar refractivity (Wildman–Crippen MR) is 66.5 cm³/mol. The van der Waals surface area contributed by atoms with Gasteiger partial charge in [-0.3, -0.25) is 4.98 Å². The fourth-order valence-electron chi connectivity index (χ4n) is 1.22. The molecule has 0 saturated carbocycles. The van der Waals surface area contributed by atoms with E-state index in [1.54, 1.807) is 18.3 Å². The third kappa shape index (κ3) is 4.93. The van der Waals surface area contributed by atoms with E-state index in [2.05, 4.69) is 10.3 Å². The molecule has 5 N–H and O–H groups in total. The van der Waals surface area contributed by atoms with Crippen LogP contribution < -0.4 is 16.8 Å². The van der Waals surface area contributed by atoms with Crippen LogP contribution in [0.4, 0.5) is 4.39 Å². The van der Waals surface area contributed by atoms with Gasteiger partial charge in [0.25, 0.3) is 0 Å². The van der Waals surface area contributed by atoms with E-state index in [1.165, 1.54) is 6.07 Å². The molecule has 0 spiro atoms. The zero-order valence-electron chi connectivity index (χ0n) is 9.94. The summed E-state index contributed by atoms with van der Waals surface area (Å²) in [6, 6.07) is 2.71. The first-order valence-electron chi connectivity index (χ1n) is 5.66. The summed E-state index contributed by atoms with van der Waals surface area (Å²) in [4.78, 5) is 3.90. The van der Waals surface area contributed by atoms with Crippen molar-refractivity contribution < 1.29 is 4.39 Å². The maximum Gasteiger partial charge on any atom is 0.141 e. The zero-order valence-corrected chi connectivity index (χ0v) is 9.94. The first-order chi connectivity index (χ1) is 8.13. The van der Waals surface area contributed by atoms with Crippen LogP contribution in [-0.4, -0.2) is 17.6 Å². The van der Waals surface area contributed by atoms with Gasteiger partial charge in [-0.2, -0.15) is 0 Å². The minimum Gasteiger partial charge on any atom is -0.390 e. The van der Waals surface area contributed by atoms with Gasteiger partial charge < -0.3 is 16.8 Å². The molecule has 4 nitrogen and oxygen atoms in total. The molecule has 2 unspecified atom stereocenters. The van der Waals surface area contributed by atoms with Gasteiger partial charge >= 0.3 is 0 Å². The summed E-state index contributed by atoms with van der Waals surface area (Å²) in [5.41, 5.74) is 12.2. The Kier molecular flexibility index (Phi) is 5.59. The molecule has 0 aliphatic rings. The molecular weight excluding hydrogens is 219 g/mol. The molecule has 0 saturated heterocycles. The Bertz CT molecular complexity index is 350. The molecule has 1 aromatic rings. The van der Waals surface area contributed by atoms with Crippen molar-refractivity contribution in [1.29, 1.82) is 0 Å². The third-order valence-electron chi connectivity index (χ3n) is 2.42. The van der Waals surface area contributed by atoms with Crippen LogP contribution in [0.3, 0.4) is 0 Å². The van der Waals surface area contributed by atoms with Crippen molar-refractivity contribution in [2.45, 2.75) is 25.4 Å². The smallest absolute Gasteiger partial charge is 0.141 e. The van der Waals surface area contributed by atoms with Gasteiger partial charge in [-0.25, -0.2) is 4.39 Å². The highest BCUT2D eigenvalue weighted by molar-refractivity contribution is 5.14.